The zero-order valence-electron chi connectivity index (χ0n) is 20.4. The Bertz CT molecular complexity index is 1380. The monoisotopic (exact) mass is 480 g/mol. The van der Waals surface area contributed by atoms with E-state index in [1.165, 1.54) is 0 Å². The van der Waals surface area contributed by atoms with Crippen LogP contribution in [0.25, 0.3) is 33.9 Å². The van der Waals surface area contributed by atoms with Crippen molar-refractivity contribution in [3.05, 3.63) is 78.2 Å². The summed E-state index contributed by atoms with van der Waals surface area (Å²) >= 11 is 0. The molecule has 3 aromatic heterocycles. The molecule has 0 aliphatic carbocycles. The largest absolute Gasteiger partial charge is 0.381 e. The van der Waals surface area contributed by atoms with Gasteiger partial charge in [-0.05, 0) is 55.7 Å². The quantitative estimate of drug-likeness (QED) is 0.418. The number of carbonyl (C=O) groups is 1. The van der Waals surface area contributed by atoms with Crippen molar-refractivity contribution in [3.63, 3.8) is 0 Å². The molecule has 0 saturated carbocycles. The first-order valence-electron chi connectivity index (χ1n) is 12.0. The minimum absolute atomic E-state index is 0.0716. The molecule has 5 rings (SSSR count). The van der Waals surface area contributed by atoms with Gasteiger partial charge in [0.25, 0.3) is 5.91 Å². The molecule has 4 aromatic rings. The van der Waals surface area contributed by atoms with Gasteiger partial charge in [-0.15, -0.1) is 0 Å². The zero-order valence-corrected chi connectivity index (χ0v) is 20.4. The zero-order chi connectivity index (χ0) is 24.9. The van der Waals surface area contributed by atoms with Crippen LogP contribution in [0.3, 0.4) is 0 Å². The Labute approximate surface area is 210 Å². The van der Waals surface area contributed by atoms with Crippen LogP contribution < -0.4 is 10.6 Å². The van der Waals surface area contributed by atoms with E-state index in [0.29, 0.717) is 36.1 Å². The Kier molecular flexibility index (Phi) is 6.95. The first-order valence-corrected chi connectivity index (χ1v) is 12.0. The van der Waals surface area contributed by atoms with Crippen molar-refractivity contribution in [2.45, 2.75) is 25.8 Å². The van der Waals surface area contributed by atoms with E-state index in [2.05, 4.69) is 25.6 Å². The summed E-state index contributed by atoms with van der Waals surface area (Å²) in [6, 6.07) is 17.5. The SMILES string of the molecule is CNc1cc(-c2cncc(-c3cccc(C(=O)NC4CCOCC4)c3)c2)nc(-c2cccc(C)n2)n1. The molecule has 8 nitrogen and oxygen atoms in total. The van der Waals surface area contributed by atoms with Gasteiger partial charge in [-0.3, -0.25) is 9.78 Å². The highest BCUT2D eigenvalue weighted by molar-refractivity contribution is 5.95. The van der Waals surface area contributed by atoms with E-state index in [-0.39, 0.29) is 11.9 Å². The number of aromatic nitrogens is 4. The smallest absolute Gasteiger partial charge is 0.251 e. The molecule has 36 heavy (non-hydrogen) atoms. The van der Waals surface area contributed by atoms with E-state index in [1.807, 2.05) is 68.6 Å². The maximum absolute atomic E-state index is 12.9. The van der Waals surface area contributed by atoms with E-state index in [9.17, 15) is 4.79 Å². The van der Waals surface area contributed by atoms with Crippen molar-refractivity contribution in [3.8, 4) is 33.9 Å². The second kappa shape index (κ2) is 10.6. The van der Waals surface area contributed by atoms with Crippen LogP contribution >= 0.6 is 0 Å². The fraction of sp³-hybridized carbons (Fsp3) is 0.250. The Hall–Kier alpha value is -4.17. The molecule has 182 valence electrons. The number of amides is 1. The summed E-state index contributed by atoms with van der Waals surface area (Å²) in [6.45, 7) is 3.31. The van der Waals surface area contributed by atoms with Crippen molar-refractivity contribution < 1.29 is 9.53 Å². The second-order valence-electron chi connectivity index (χ2n) is 8.78. The number of nitrogens with one attached hydrogen (secondary N) is 2. The number of rotatable bonds is 6. The average molecular weight is 481 g/mol. The van der Waals surface area contributed by atoms with Crippen molar-refractivity contribution in [2.24, 2.45) is 0 Å². The Balaban J connectivity index is 1.44. The first-order chi connectivity index (χ1) is 17.6. The summed E-state index contributed by atoms with van der Waals surface area (Å²) in [5.74, 6) is 1.16. The van der Waals surface area contributed by atoms with Crippen molar-refractivity contribution in [2.75, 3.05) is 25.6 Å². The third-order valence-corrected chi connectivity index (χ3v) is 6.15. The maximum atomic E-state index is 12.9. The number of carbonyl (C=O) groups excluding carboxylic acids is 1. The van der Waals surface area contributed by atoms with Gasteiger partial charge >= 0.3 is 0 Å². The van der Waals surface area contributed by atoms with Gasteiger partial charge in [0.15, 0.2) is 5.82 Å². The predicted octanol–water partition coefficient (Wildman–Crippen LogP) is 4.53. The van der Waals surface area contributed by atoms with Crippen LogP contribution in [0.4, 0.5) is 5.82 Å². The van der Waals surface area contributed by atoms with E-state index in [4.69, 9.17) is 9.72 Å². The fourth-order valence-corrected chi connectivity index (χ4v) is 4.19. The van der Waals surface area contributed by atoms with Crippen LogP contribution in [0.2, 0.25) is 0 Å². The van der Waals surface area contributed by atoms with Gasteiger partial charge in [0.2, 0.25) is 0 Å². The van der Waals surface area contributed by atoms with Crippen LogP contribution in [-0.2, 0) is 4.74 Å². The number of ether oxygens (including phenoxy) is 1. The predicted molar refractivity (Wildman–Crippen MR) is 140 cm³/mol. The Morgan fingerprint density at radius 2 is 1.69 bits per heavy atom. The van der Waals surface area contributed by atoms with Crippen LogP contribution in [0.15, 0.2) is 67.0 Å². The Morgan fingerprint density at radius 3 is 2.50 bits per heavy atom. The van der Waals surface area contributed by atoms with Gasteiger partial charge in [0.1, 0.15) is 11.5 Å². The van der Waals surface area contributed by atoms with Gasteiger partial charge in [-0.25, -0.2) is 15.0 Å². The van der Waals surface area contributed by atoms with Gasteiger partial charge in [0.05, 0.1) is 5.69 Å². The van der Waals surface area contributed by atoms with E-state index in [0.717, 1.165) is 40.9 Å². The van der Waals surface area contributed by atoms with Gasteiger partial charge < -0.3 is 15.4 Å². The lowest BCUT2D eigenvalue weighted by atomic mass is 10.0. The minimum Gasteiger partial charge on any atom is -0.381 e. The standard InChI is InChI=1S/C28H28N6O2/c1-18-5-3-8-24(31-18)27-33-25(15-26(29-2)34-27)22-14-21(16-30-17-22)19-6-4-7-20(13-19)28(35)32-23-9-11-36-12-10-23/h3-8,13-17,23H,9-12H2,1-2H3,(H,32,35)(H,29,33,34). The van der Waals surface area contributed by atoms with Crippen LogP contribution in [0.5, 0.6) is 0 Å². The number of nitrogens with zero attached hydrogens (tertiary/aromatic N) is 4. The molecule has 1 aliphatic rings. The molecule has 8 heteroatoms. The van der Waals surface area contributed by atoms with E-state index >= 15 is 0 Å². The molecular weight excluding hydrogens is 452 g/mol. The summed E-state index contributed by atoms with van der Waals surface area (Å²) in [7, 11) is 1.82. The molecule has 1 aromatic carbocycles. The molecule has 0 atom stereocenters. The molecule has 0 bridgehead atoms. The lowest BCUT2D eigenvalue weighted by Gasteiger charge is -2.23. The van der Waals surface area contributed by atoms with Gasteiger partial charge in [-0.2, -0.15) is 0 Å². The summed E-state index contributed by atoms with van der Waals surface area (Å²) in [4.78, 5) is 31.3. The first kappa shape index (κ1) is 23.6. The molecule has 1 amide bonds. The molecule has 0 radical (unpaired) electrons. The lowest BCUT2D eigenvalue weighted by Crippen LogP contribution is -2.38. The molecular formula is C28H28N6O2. The Morgan fingerprint density at radius 1 is 0.889 bits per heavy atom. The average Bonchev–Trinajstić information content (AvgIpc) is 2.93. The van der Waals surface area contributed by atoms with Crippen molar-refractivity contribution in [1.29, 1.82) is 0 Å². The molecule has 4 heterocycles. The molecule has 2 N–H and O–H groups in total. The van der Waals surface area contributed by atoms with E-state index < -0.39 is 0 Å². The summed E-state index contributed by atoms with van der Waals surface area (Å²) in [5, 5.41) is 6.24. The molecule has 1 fully saturated rings. The molecule has 1 saturated heterocycles. The third-order valence-electron chi connectivity index (χ3n) is 6.15. The van der Waals surface area contributed by atoms with Crippen LogP contribution in [0, 0.1) is 6.92 Å². The highest BCUT2D eigenvalue weighted by Gasteiger charge is 2.17. The number of aryl methyl sites for hydroxylation is 1. The number of hydrogen-bond donors (Lipinski definition) is 2. The van der Waals surface area contributed by atoms with Crippen molar-refractivity contribution >= 4 is 11.7 Å². The van der Waals surface area contributed by atoms with E-state index in [1.54, 1.807) is 12.4 Å². The normalized spacial score (nSPS) is 13.8. The summed E-state index contributed by atoms with van der Waals surface area (Å²) in [5.41, 5.74) is 5.61. The minimum atomic E-state index is -0.0716. The number of hydrogen-bond acceptors (Lipinski definition) is 7. The number of pyridine rings is 2. The second-order valence-corrected chi connectivity index (χ2v) is 8.78. The maximum Gasteiger partial charge on any atom is 0.251 e. The van der Waals surface area contributed by atoms with Gasteiger partial charge in [0, 0.05) is 67.1 Å². The highest BCUT2D eigenvalue weighted by Crippen LogP contribution is 2.28. The van der Waals surface area contributed by atoms with Crippen LogP contribution in [0.1, 0.15) is 28.9 Å². The fourth-order valence-electron chi connectivity index (χ4n) is 4.19. The summed E-state index contributed by atoms with van der Waals surface area (Å²) < 4.78 is 5.39. The summed E-state index contributed by atoms with van der Waals surface area (Å²) in [6.07, 6.45) is 5.25. The molecule has 0 spiro atoms. The van der Waals surface area contributed by atoms with Crippen molar-refractivity contribution in [1.82, 2.24) is 25.3 Å². The third kappa shape index (κ3) is 5.39. The molecule has 0 unspecified atom stereocenters. The molecule has 1 aliphatic heterocycles. The van der Waals surface area contributed by atoms with Gasteiger partial charge in [-0.1, -0.05) is 18.2 Å². The lowest BCUT2D eigenvalue weighted by molar-refractivity contribution is 0.0696. The topological polar surface area (TPSA) is 102 Å². The number of benzene rings is 1. The van der Waals surface area contributed by atoms with Crippen LogP contribution in [-0.4, -0.2) is 52.1 Å². The number of anilines is 1. The highest BCUT2D eigenvalue weighted by atomic mass is 16.5.